The summed E-state index contributed by atoms with van der Waals surface area (Å²) in [5.74, 6) is 0. The summed E-state index contributed by atoms with van der Waals surface area (Å²) in [6.45, 7) is 3.97. The van der Waals surface area contributed by atoms with Crippen molar-refractivity contribution < 1.29 is 0 Å². The molecule has 0 saturated carbocycles. The van der Waals surface area contributed by atoms with Gasteiger partial charge in [-0.15, -0.1) is 0 Å². The second-order valence-electron chi connectivity index (χ2n) is 11.5. The summed E-state index contributed by atoms with van der Waals surface area (Å²) < 4.78 is 4.26. The number of hydrogen-bond donors (Lipinski definition) is 0. The first-order chi connectivity index (χ1) is 22.5. The maximum absolute atomic E-state index is 10.8. The molecule has 0 radical (unpaired) electrons. The van der Waals surface area contributed by atoms with Gasteiger partial charge in [0, 0.05) is 38.5 Å². The predicted molar refractivity (Wildman–Crippen MR) is 182 cm³/mol. The van der Waals surface area contributed by atoms with Crippen molar-refractivity contribution in [3.05, 3.63) is 137 Å². The van der Waals surface area contributed by atoms with Crippen LogP contribution in [0.15, 0.2) is 109 Å². The lowest BCUT2D eigenvalue weighted by Crippen LogP contribution is -2.04. The molecular weight excluding hydrogens is 564 g/mol. The topological polar surface area (TPSA) is 94.1 Å². The van der Waals surface area contributed by atoms with Gasteiger partial charge in [0.25, 0.3) is 0 Å². The molecule has 0 aliphatic carbocycles. The van der Waals surface area contributed by atoms with Gasteiger partial charge in [-0.25, -0.2) is 0 Å². The molecule has 3 heterocycles. The quantitative estimate of drug-likeness (QED) is 0.206. The molecule has 214 valence electrons. The molecule has 8 rings (SSSR count). The lowest BCUT2D eigenvalue weighted by Gasteiger charge is -2.19. The Hall–Kier alpha value is -6.68. The van der Waals surface area contributed by atoms with Crippen molar-refractivity contribution >= 4 is 43.6 Å². The Balaban J connectivity index is 1.56. The Morgan fingerprint density at radius 3 is 1.52 bits per heavy atom. The van der Waals surface area contributed by atoms with Gasteiger partial charge in [0.15, 0.2) is 0 Å². The van der Waals surface area contributed by atoms with Crippen LogP contribution >= 0.6 is 0 Å². The molecule has 0 aliphatic rings. The maximum atomic E-state index is 10.8. The molecule has 0 amide bonds. The Morgan fingerprint density at radius 1 is 0.500 bits per heavy atom. The van der Waals surface area contributed by atoms with Gasteiger partial charge >= 0.3 is 0 Å². The molecule has 0 unspecified atom stereocenters. The van der Waals surface area contributed by atoms with Crippen LogP contribution in [0, 0.1) is 47.8 Å². The van der Waals surface area contributed by atoms with Crippen LogP contribution in [0.1, 0.15) is 28.1 Å². The molecule has 0 atom stereocenters. The third kappa shape index (κ3) is 3.97. The molecule has 6 heteroatoms. The minimum absolute atomic E-state index is 0.480. The molecule has 0 spiro atoms. The summed E-state index contributed by atoms with van der Waals surface area (Å²) >= 11 is 0. The average molecular weight is 589 g/mol. The second-order valence-corrected chi connectivity index (χ2v) is 11.5. The molecule has 8 aromatic rings. The van der Waals surface area contributed by atoms with Crippen molar-refractivity contribution in [3.8, 4) is 40.7 Å². The maximum Gasteiger partial charge on any atom is 0.101 e. The van der Waals surface area contributed by atoms with Gasteiger partial charge in [-0.3, -0.25) is 4.98 Å². The van der Waals surface area contributed by atoms with Crippen LogP contribution < -0.4 is 0 Å². The summed E-state index contributed by atoms with van der Waals surface area (Å²) in [5, 5.41) is 34.5. The van der Waals surface area contributed by atoms with E-state index in [4.69, 9.17) is 0 Å². The van der Waals surface area contributed by atoms with Crippen molar-refractivity contribution in [1.82, 2.24) is 14.1 Å². The number of rotatable bonds is 3. The normalized spacial score (nSPS) is 11.2. The minimum atomic E-state index is 0.480. The van der Waals surface area contributed by atoms with Gasteiger partial charge in [-0.05, 0) is 80.1 Å². The van der Waals surface area contributed by atoms with Crippen LogP contribution in [-0.4, -0.2) is 14.1 Å². The van der Waals surface area contributed by atoms with E-state index >= 15 is 0 Å². The van der Waals surface area contributed by atoms with E-state index in [1.165, 1.54) is 0 Å². The first-order valence-corrected chi connectivity index (χ1v) is 14.9. The molecule has 0 bridgehead atoms. The summed E-state index contributed by atoms with van der Waals surface area (Å²) in [6, 6.07) is 43.0. The summed E-state index contributed by atoms with van der Waals surface area (Å²) in [4.78, 5) is 4.65. The molecule has 0 aliphatic heterocycles. The highest BCUT2D eigenvalue weighted by atomic mass is 15.0. The average Bonchev–Trinajstić information content (AvgIpc) is 3.59. The highest BCUT2D eigenvalue weighted by Gasteiger charge is 2.22. The van der Waals surface area contributed by atoms with Crippen LogP contribution in [0.5, 0.6) is 0 Å². The van der Waals surface area contributed by atoms with Crippen LogP contribution in [0.25, 0.3) is 66.1 Å². The number of hydrogen-bond acceptors (Lipinski definition) is 4. The third-order valence-electron chi connectivity index (χ3n) is 8.71. The molecule has 0 fully saturated rings. The second kappa shape index (κ2) is 10.2. The highest BCUT2D eigenvalue weighted by Crippen LogP contribution is 2.41. The van der Waals surface area contributed by atoms with Gasteiger partial charge in [-0.1, -0.05) is 48.5 Å². The van der Waals surface area contributed by atoms with Crippen molar-refractivity contribution in [1.29, 1.82) is 15.8 Å². The third-order valence-corrected chi connectivity index (χ3v) is 8.71. The van der Waals surface area contributed by atoms with E-state index in [-0.39, 0.29) is 0 Å². The molecular formula is C40H24N6. The van der Waals surface area contributed by atoms with Crippen molar-refractivity contribution in [3.63, 3.8) is 0 Å². The van der Waals surface area contributed by atoms with Crippen LogP contribution in [-0.2, 0) is 0 Å². The SMILES string of the molecule is Cc1cc(-c2cc(-n3c4ccccc4c4ccc(C#N)cc43)c(C#N)cc2-n2c3ccccc3c3ccc(C#N)cc32)cc(C)n1. The number of nitrogens with zero attached hydrogens (tertiary/aromatic N) is 6. The molecule has 0 N–H and O–H groups in total. The van der Waals surface area contributed by atoms with Crippen LogP contribution in [0.2, 0.25) is 0 Å². The van der Waals surface area contributed by atoms with Gasteiger partial charge in [0.05, 0.1) is 62.3 Å². The smallest absolute Gasteiger partial charge is 0.101 e. The first-order valence-electron chi connectivity index (χ1n) is 14.9. The summed E-state index contributed by atoms with van der Waals surface area (Å²) in [5.41, 5.74) is 10.4. The minimum Gasteiger partial charge on any atom is -0.309 e. The monoisotopic (exact) mass is 588 g/mol. The van der Waals surface area contributed by atoms with Gasteiger partial charge in [0.1, 0.15) is 6.07 Å². The van der Waals surface area contributed by atoms with Gasteiger partial charge in [0.2, 0.25) is 0 Å². The van der Waals surface area contributed by atoms with E-state index in [9.17, 15) is 15.8 Å². The fraction of sp³-hybridized carbons (Fsp3) is 0.0500. The largest absolute Gasteiger partial charge is 0.309 e. The Labute approximate surface area is 264 Å². The zero-order chi connectivity index (χ0) is 31.5. The fourth-order valence-electron chi connectivity index (χ4n) is 6.86. The number of aromatic nitrogens is 3. The number of pyridine rings is 1. The molecule has 46 heavy (non-hydrogen) atoms. The number of nitriles is 3. The van der Waals surface area contributed by atoms with Gasteiger partial charge in [-0.2, -0.15) is 15.8 Å². The summed E-state index contributed by atoms with van der Waals surface area (Å²) in [6.07, 6.45) is 0. The lowest BCUT2D eigenvalue weighted by atomic mass is 9.98. The van der Waals surface area contributed by atoms with E-state index in [1.54, 1.807) is 0 Å². The van der Waals surface area contributed by atoms with Gasteiger partial charge < -0.3 is 9.13 Å². The van der Waals surface area contributed by atoms with Crippen LogP contribution in [0.4, 0.5) is 0 Å². The summed E-state index contributed by atoms with van der Waals surface area (Å²) in [7, 11) is 0. The van der Waals surface area contributed by atoms with E-state index in [0.717, 1.165) is 71.8 Å². The zero-order valence-electron chi connectivity index (χ0n) is 25.1. The predicted octanol–water partition coefficient (Wildman–Crippen LogP) is 9.17. The Bertz CT molecular complexity index is 2680. The zero-order valence-corrected chi connectivity index (χ0v) is 25.1. The van der Waals surface area contributed by atoms with Crippen molar-refractivity contribution in [2.75, 3.05) is 0 Å². The number of benzene rings is 5. The molecule has 3 aromatic heterocycles. The lowest BCUT2D eigenvalue weighted by molar-refractivity contribution is 1.11. The van der Waals surface area contributed by atoms with E-state index in [1.807, 2.05) is 86.6 Å². The standard InChI is InChI=1S/C40H24N6/c1-24-15-28(16-25(2)44-24)34-20-37(45-35-9-5-3-7-30(35)32-13-11-26(21-41)17-38(32)45)29(23-43)19-40(34)46-36-10-6-4-8-31(36)33-14-12-27(22-42)18-39(33)46/h3-20H,1-2H3. The van der Waals surface area contributed by atoms with E-state index in [0.29, 0.717) is 22.4 Å². The van der Waals surface area contributed by atoms with Crippen molar-refractivity contribution in [2.45, 2.75) is 13.8 Å². The number of para-hydroxylation sites is 2. The molecule has 0 saturated heterocycles. The Kier molecular flexibility index (Phi) is 5.97. The first kappa shape index (κ1) is 26.9. The van der Waals surface area contributed by atoms with Crippen LogP contribution in [0.3, 0.4) is 0 Å². The fourth-order valence-corrected chi connectivity index (χ4v) is 6.86. The Morgan fingerprint density at radius 2 is 1.00 bits per heavy atom. The number of fused-ring (bicyclic) bond motifs is 6. The van der Waals surface area contributed by atoms with E-state index in [2.05, 4.69) is 68.7 Å². The van der Waals surface area contributed by atoms with E-state index < -0.39 is 0 Å². The number of aryl methyl sites for hydroxylation is 2. The molecule has 6 nitrogen and oxygen atoms in total. The highest BCUT2D eigenvalue weighted by molar-refractivity contribution is 6.11. The van der Waals surface area contributed by atoms with Crippen molar-refractivity contribution in [2.24, 2.45) is 0 Å². The molecule has 5 aromatic carbocycles.